The second-order valence-corrected chi connectivity index (χ2v) is 11.8. The zero-order chi connectivity index (χ0) is 28.0. The SMILES string of the molecule is Cc1ccc(S(=O)(=O)N(CC(=O)N(Cc2ccccc2C)C(C)C(=O)NC(C)C)c2cccc(C)c2)cc1. The molecule has 0 aliphatic carbocycles. The monoisotopic (exact) mass is 535 g/mol. The van der Waals surface area contributed by atoms with E-state index in [-0.39, 0.29) is 23.4 Å². The van der Waals surface area contributed by atoms with E-state index < -0.39 is 28.5 Å². The molecule has 0 aromatic heterocycles. The highest BCUT2D eigenvalue weighted by Crippen LogP contribution is 2.26. The maximum absolute atomic E-state index is 13.9. The Hall–Kier alpha value is -3.65. The molecule has 1 unspecified atom stereocenters. The van der Waals surface area contributed by atoms with E-state index in [4.69, 9.17) is 0 Å². The second-order valence-electron chi connectivity index (χ2n) is 9.95. The molecular weight excluding hydrogens is 498 g/mol. The van der Waals surface area contributed by atoms with Crippen molar-refractivity contribution in [3.05, 3.63) is 95.1 Å². The van der Waals surface area contributed by atoms with Gasteiger partial charge in [0.25, 0.3) is 10.0 Å². The third kappa shape index (κ3) is 7.01. The van der Waals surface area contributed by atoms with Crippen LogP contribution >= 0.6 is 0 Å². The first-order valence-electron chi connectivity index (χ1n) is 12.7. The predicted octanol–water partition coefficient (Wildman–Crippen LogP) is 4.75. The Bertz CT molecular complexity index is 1380. The van der Waals surface area contributed by atoms with Crippen LogP contribution in [0.1, 0.15) is 43.0 Å². The summed E-state index contributed by atoms with van der Waals surface area (Å²) in [4.78, 5) is 28.5. The summed E-state index contributed by atoms with van der Waals surface area (Å²) < 4.78 is 28.8. The summed E-state index contributed by atoms with van der Waals surface area (Å²) in [6.07, 6.45) is 0. The molecular formula is C30H37N3O4S. The lowest BCUT2D eigenvalue weighted by molar-refractivity contribution is -0.139. The number of nitrogens with one attached hydrogen (secondary N) is 1. The van der Waals surface area contributed by atoms with Crippen LogP contribution in [-0.2, 0) is 26.2 Å². The first-order chi connectivity index (χ1) is 17.9. The maximum atomic E-state index is 13.9. The van der Waals surface area contributed by atoms with Gasteiger partial charge in [0.05, 0.1) is 10.6 Å². The van der Waals surface area contributed by atoms with Crippen molar-refractivity contribution in [3.63, 3.8) is 0 Å². The van der Waals surface area contributed by atoms with Gasteiger partial charge in [-0.15, -0.1) is 0 Å². The van der Waals surface area contributed by atoms with Crippen LogP contribution in [0.5, 0.6) is 0 Å². The van der Waals surface area contributed by atoms with Gasteiger partial charge in [-0.05, 0) is 82.5 Å². The first kappa shape index (κ1) is 28.9. The number of aryl methyl sites for hydroxylation is 3. The molecule has 202 valence electrons. The summed E-state index contributed by atoms with van der Waals surface area (Å²) >= 11 is 0. The zero-order valence-electron chi connectivity index (χ0n) is 22.9. The van der Waals surface area contributed by atoms with E-state index in [1.807, 2.05) is 65.0 Å². The molecule has 0 heterocycles. The minimum atomic E-state index is -4.08. The molecule has 3 rings (SSSR count). The number of hydrogen-bond acceptors (Lipinski definition) is 4. The molecule has 7 nitrogen and oxygen atoms in total. The summed E-state index contributed by atoms with van der Waals surface area (Å²) in [6, 6.07) is 20.3. The van der Waals surface area contributed by atoms with Gasteiger partial charge in [0.15, 0.2) is 0 Å². The lowest BCUT2D eigenvalue weighted by Gasteiger charge is -2.32. The Kier molecular flexibility index (Phi) is 9.33. The van der Waals surface area contributed by atoms with Crippen molar-refractivity contribution in [3.8, 4) is 0 Å². The molecule has 0 aliphatic heterocycles. The van der Waals surface area contributed by atoms with Crippen LogP contribution in [0, 0.1) is 20.8 Å². The number of amides is 2. The van der Waals surface area contributed by atoms with Crippen molar-refractivity contribution in [2.45, 2.75) is 65.1 Å². The van der Waals surface area contributed by atoms with Gasteiger partial charge in [0.2, 0.25) is 11.8 Å². The fraction of sp³-hybridized carbons (Fsp3) is 0.333. The average Bonchev–Trinajstić information content (AvgIpc) is 2.86. The highest BCUT2D eigenvalue weighted by Gasteiger charge is 2.32. The summed E-state index contributed by atoms with van der Waals surface area (Å²) in [7, 11) is -4.08. The van der Waals surface area contributed by atoms with E-state index >= 15 is 0 Å². The Morgan fingerprint density at radius 1 is 0.842 bits per heavy atom. The van der Waals surface area contributed by atoms with Crippen molar-refractivity contribution in [2.75, 3.05) is 10.8 Å². The van der Waals surface area contributed by atoms with Crippen LogP contribution in [0.15, 0.2) is 77.7 Å². The molecule has 38 heavy (non-hydrogen) atoms. The fourth-order valence-corrected chi connectivity index (χ4v) is 5.51. The number of hydrogen-bond donors (Lipinski definition) is 1. The Labute approximate surface area is 226 Å². The van der Waals surface area contributed by atoms with Crippen LogP contribution in [-0.4, -0.2) is 43.8 Å². The Morgan fingerprint density at radius 3 is 2.11 bits per heavy atom. The van der Waals surface area contributed by atoms with Crippen LogP contribution < -0.4 is 9.62 Å². The molecule has 8 heteroatoms. The molecule has 0 saturated heterocycles. The van der Waals surface area contributed by atoms with Gasteiger partial charge in [-0.25, -0.2) is 8.42 Å². The number of sulfonamides is 1. The molecule has 0 spiro atoms. The standard InChI is InChI=1S/C30H37N3O4S/c1-21(2)31-30(35)25(6)32(19-26-12-8-7-11-24(26)5)29(34)20-33(27-13-9-10-23(4)18-27)38(36,37)28-16-14-22(3)15-17-28/h7-18,21,25H,19-20H2,1-6H3,(H,31,35). The second kappa shape index (κ2) is 12.3. The van der Waals surface area contributed by atoms with Gasteiger partial charge in [-0.1, -0.05) is 54.1 Å². The third-order valence-corrected chi connectivity index (χ3v) is 8.17. The van der Waals surface area contributed by atoms with Crippen LogP contribution in [0.25, 0.3) is 0 Å². The van der Waals surface area contributed by atoms with E-state index in [1.165, 1.54) is 4.90 Å². The maximum Gasteiger partial charge on any atom is 0.264 e. The average molecular weight is 536 g/mol. The van der Waals surface area contributed by atoms with E-state index in [2.05, 4.69) is 5.32 Å². The van der Waals surface area contributed by atoms with Gasteiger partial charge in [0, 0.05) is 12.6 Å². The highest BCUT2D eigenvalue weighted by atomic mass is 32.2. The molecule has 2 amide bonds. The highest BCUT2D eigenvalue weighted by molar-refractivity contribution is 7.92. The Morgan fingerprint density at radius 2 is 1.50 bits per heavy atom. The summed E-state index contributed by atoms with van der Waals surface area (Å²) in [5.74, 6) is -0.776. The van der Waals surface area contributed by atoms with E-state index in [0.717, 1.165) is 26.6 Å². The van der Waals surface area contributed by atoms with Crippen molar-refractivity contribution in [2.24, 2.45) is 0 Å². The number of carbonyl (C=O) groups is 2. The molecule has 1 atom stereocenters. The minimum absolute atomic E-state index is 0.0912. The van der Waals surface area contributed by atoms with Crippen molar-refractivity contribution < 1.29 is 18.0 Å². The largest absolute Gasteiger partial charge is 0.352 e. The van der Waals surface area contributed by atoms with Crippen molar-refractivity contribution in [1.29, 1.82) is 0 Å². The zero-order valence-corrected chi connectivity index (χ0v) is 23.7. The quantitative estimate of drug-likeness (QED) is 0.406. The molecule has 0 bridgehead atoms. The van der Waals surface area contributed by atoms with Gasteiger partial charge >= 0.3 is 0 Å². The number of benzene rings is 3. The van der Waals surface area contributed by atoms with Crippen molar-refractivity contribution in [1.82, 2.24) is 10.2 Å². The molecule has 0 saturated carbocycles. The molecule has 0 radical (unpaired) electrons. The lowest BCUT2D eigenvalue weighted by Crippen LogP contribution is -2.52. The molecule has 3 aromatic carbocycles. The van der Waals surface area contributed by atoms with E-state index in [1.54, 1.807) is 49.4 Å². The fourth-order valence-electron chi connectivity index (χ4n) is 4.11. The summed E-state index contributed by atoms with van der Waals surface area (Å²) in [6.45, 7) is 10.8. The summed E-state index contributed by atoms with van der Waals surface area (Å²) in [5.41, 5.74) is 4.03. The molecule has 0 fully saturated rings. The Balaban J connectivity index is 2.04. The third-order valence-electron chi connectivity index (χ3n) is 6.38. The van der Waals surface area contributed by atoms with Crippen LogP contribution in [0.3, 0.4) is 0 Å². The van der Waals surface area contributed by atoms with Gasteiger partial charge in [-0.2, -0.15) is 0 Å². The smallest absolute Gasteiger partial charge is 0.264 e. The molecule has 0 aliphatic rings. The van der Waals surface area contributed by atoms with Crippen LogP contribution in [0.2, 0.25) is 0 Å². The first-order valence-corrected chi connectivity index (χ1v) is 14.1. The van der Waals surface area contributed by atoms with Gasteiger partial charge in [0.1, 0.15) is 12.6 Å². The van der Waals surface area contributed by atoms with Gasteiger partial charge < -0.3 is 10.2 Å². The summed E-state index contributed by atoms with van der Waals surface area (Å²) in [5, 5.41) is 2.87. The van der Waals surface area contributed by atoms with Crippen molar-refractivity contribution >= 4 is 27.5 Å². The molecule has 3 aromatic rings. The minimum Gasteiger partial charge on any atom is -0.352 e. The number of rotatable bonds is 10. The predicted molar refractivity (Wildman–Crippen MR) is 151 cm³/mol. The molecule has 1 N–H and O–H groups in total. The van der Waals surface area contributed by atoms with E-state index in [9.17, 15) is 18.0 Å². The number of nitrogens with zero attached hydrogens (tertiary/aromatic N) is 2. The van der Waals surface area contributed by atoms with Gasteiger partial charge in [-0.3, -0.25) is 13.9 Å². The number of carbonyl (C=O) groups excluding carboxylic acids is 2. The van der Waals surface area contributed by atoms with E-state index in [0.29, 0.717) is 5.69 Å². The lowest BCUT2D eigenvalue weighted by atomic mass is 10.1. The van der Waals surface area contributed by atoms with Crippen LogP contribution in [0.4, 0.5) is 5.69 Å². The normalized spacial score (nSPS) is 12.2. The number of anilines is 1. The topological polar surface area (TPSA) is 86.8 Å².